The van der Waals surface area contributed by atoms with Crippen molar-refractivity contribution in [1.29, 1.82) is 0 Å². The minimum Gasteiger partial charge on any atom is -0.489 e. The number of benzene rings is 1. The summed E-state index contributed by atoms with van der Waals surface area (Å²) in [6, 6.07) is 10.8. The summed E-state index contributed by atoms with van der Waals surface area (Å²) in [5.74, 6) is 1.53. The topological polar surface area (TPSA) is 107 Å². The maximum absolute atomic E-state index is 11.9. The maximum Gasteiger partial charge on any atom is 0.257 e. The van der Waals surface area contributed by atoms with Crippen LogP contribution >= 0.6 is 0 Å². The number of amides is 1. The quantitative estimate of drug-likeness (QED) is 0.481. The number of aromatic nitrogens is 1. The minimum atomic E-state index is -1.51. The summed E-state index contributed by atoms with van der Waals surface area (Å²) in [4.78, 5) is 16.1. The largest absolute Gasteiger partial charge is 0.489 e. The zero-order valence-electron chi connectivity index (χ0n) is 19.9. The highest BCUT2D eigenvalue weighted by Gasteiger charge is 2.21. The molecule has 0 bridgehead atoms. The first kappa shape index (κ1) is 24.9. The van der Waals surface area contributed by atoms with Crippen molar-refractivity contribution >= 4 is 21.8 Å². The van der Waals surface area contributed by atoms with Gasteiger partial charge in [-0.1, -0.05) is 12.1 Å². The molecule has 2 aromatic rings. The van der Waals surface area contributed by atoms with Crippen molar-refractivity contribution in [2.45, 2.75) is 51.2 Å². The van der Waals surface area contributed by atoms with Gasteiger partial charge >= 0.3 is 0 Å². The summed E-state index contributed by atoms with van der Waals surface area (Å²) in [6.07, 6.45) is 8.45. The van der Waals surface area contributed by atoms with E-state index in [1.165, 1.54) is 11.6 Å². The van der Waals surface area contributed by atoms with E-state index in [9.17, 15) is 14.1 Å². The van der Waals surface area contributed by atoms with E-state index in [1.807, 2.05) is 18.2 Å². The highest BCUT2D eigenvalue weighted by atomic mass is 32.2. The molecule has 0 radical (unpaired) electrons. The van der Waals surface area contributed by atoms with Crippen LogP contribution in [0.4, 0.5) is 0 Å². The number of rotatable bonds is 10. The van der Waals surface area contributed by atoms with Crippen LogP contribution in [-0.2, 0) is 15.8 Å². The number of nitrogens with zero attached hydrogens (tertiary/aromatic N) is 1. The predicted molar refractivity (Wildman–Crippen MR) is 133 cm³/mol. The monoisotopic (exact) mass is 498 g/mol. The molecule has 1 amide bonds. The molecular weight excluding hydrogens is 468 g/mol. The summed E-state index contributed by atoms with van der Waals surface area (Å²) in [5, 5.41) is 9.76. The van der Waals surface area contributed by atoms with Gasteiger partial charge in [-0.25, -0.2) is 9.19 Å². The van der Waals surface area contributed by atoms with E-state index in [2.05, 4.69) is 15.8 Å². The molecule has 2 aliphatic rings. The Balaban J connectivity index is 1.27. The average Bonchev–Trinajstić information content (AvgIpc) is 3.16. The van der Waals surface area contributed by atoms with Crippen LogP contribution in [0.25, 0.3) is 4.91 Å². The molecule has 8 nitrogen and oxygen atoms in total. The van der Waals surface area contributed by atoms with Crippen molar-refractivity contribution in [2.24, 2.45) is 0 Å². The van der Waals surface area contributed by atoms with Gasteiger partial charge in [-0.2, -0.15) is 0 Å². The normalized spacial score (nSPS) is 20.0. The molecule has 186 valence electrons. The lowest BCUT2D eigenvalue weighted by Crippen LogP contribution is -2.22. The number of aliphatic hydroxyl groups is 1. The lowest BCUT2D eigenvalue weighted by atomic mass is 9.98. The van der Waals surface area contributed by atoms with E-state index in [4.69, 9.17) is 14.2 Å². The van der Waals surface area contributed by atoms with Crippen LogP contribution < -0.4 is 18.9 Å². The number of hydrogen-bond acceptors (Lipinski definition) is 7. The van der Waals surface area contributed by atoms with Crippen LogP contribution in [0.1, 0.15) is 45.1 Å². The number of ether oxygens (including phenoxy) is 3. The number of nitrogens with one attached hydrogen (secondary N) is 1. The van der Waals surface area contributed by atoms with Crippen molar-refractivity contribution in [3.05, 3.63) is 65.9 Å². The molecule has 2 heterocycles. The van der Waals surface area contributed by atoms with Gasteiger partial charge in [-0.05, 0) is 68.5 Å². The number of carbonyl (C=O) groups is 1. The Morgan fingerprint density at radius 2 is 1.91 bits per heavy atom. The number of hydrogen-bond donors (Lipinski definition) is 2. The van der Waals surface area contributed by atoms with Crippen molar-refractivity contribution in [1.82, 2.24) is 9.71 Å². The molecule has 0 spiro atoms. The highest BCUT2D eigenvalue weighted by Crippen LogP contribution is 2.26. The zero-order valence-corrected chi connectivity index (χ0v) is 20.7. The summed E-state index contributed by atoms with van der Waals surface area (Å²) in [7, 11) is -1.51. The van der Waals surface area contributed by atoms with Crippen molar-refractivity contribution in [3.8, 4) is 17.4 Å². The first-order valence-electron chi connectivity index (χ1n) is 11.6. The average molecular weight is 499 g/mol. The maximum atomic E-state index is 11.9. The van der Waals surface area contributed by atoms with Crippen LogP contribution in [-0.4, -0.2) is 45.1 Å². The van der Waals surface area contributed by atoms with Crippen molar-refractivity contribution < 1.29 is 28.3 Å². The molecule has 2 N–H and O–H groups in total. The second-order valence-corrected chi connectivity index (χ2v) is 10.4. The van der Waals surface area contributed by atoms with Gasteiger partial charge in [0.05, 0.1) is 23.3 Å². The third-order valence-corrected chi connectivity index (χ3v) is 6.73. The lowest BCUT2D eigenvalue weighted by Gasteiger charge is -2.22. The summed E-state index contributed by atoms with van der Waals surface area (Å²) < 4.78 is 31.8. The SMILES string of the molecule is CC(C)(O)CCOc1ccc(OC2C=C(COc3ccc(C4=CC(=O)NS4=O)cc3)CCC2)cn1. The van der Waals surface area contributed by atoms with Gasteiger partial charge in [-0.3, -0.25) is 9.52 Å². The van der Waals surface area contributed by atoms with Crippen LogP contribution in [0.15, 0.2) is 60.3 Å². The van der Waals surface area contributed by atoms with E-state index in [1.54, 1.807) is 38.2 Å². The summed E-state index contributed by atoms with van der Waals surface area (Å²) in [6.45, 7) is 4.34. The molecule has 2 atom stereocenters. The molecule has 2 unspecified atom stereocenters. The van der Waals surface area contributed by atoms with Crippen molar-refractivity contribution in [3.63, 3.8) is 0 Å². The zero-order chi connectivity index (χ0) is 24.8. The molecule has 9 heteroatoms. The summed E-state index contributed by atoms with van der Waals surface area (Å²) in [5.41, 5.74) is 1.12. The van der Waals surface area contributed by atoms with E-state index in [-0.39, 0.29) is 12.0 Å². The van der Waals surface area contributed by atoms with Gasteiger partial charge in [0.15, 0.2) is 11.0 Å². The number of carbonyl (C=O) groups excluding carboxylic acids is 1. The molecule has 0 fully saturated rings. The van der Waals surface area contributed by atoms with Gasteiger partial charge in [0.25, 0.3) is 5.91 Å². The minimum absolute atomic E-state index is 0.0530. The van der Waals surface area contributed by atoms with Gasteiger partial charge < -0.3 is 19.3 Å². The van der Waals surface area contributed by atoms with Crippen LogP contribution in [0.2, 0.25) is 0 Å². The molecule has 1 aromatic carbocycles. The fourth-order valence-electron chi connectivity index (χ4n) is 3.71. The van der Waals surface area contributed by atoms with Crippen LogP contribution in [0.3, 0.4) is 0 Å². The van der Waals surface area contributed by atoms with Crippen molar-refractivity contribution in [2.75, 3.05) is 13.2 Å². The lowest BCUT2D eigenvalue weighted by molar-refractivity contribution is -0.114. The molecule has 4 rings (SSSR count). The molecule has 1 aliphatic carbocycles. The number of pyridine rings is 1. The fraction of sp³-hybridized carbons (Fsp3) is 0.385. The molecule has 1 aliphatic heterocycles. The van der Waals surface area contributed by atoms with E-state index < -0.39 is 16.6 Å². The third-order valence-electron chi connectivity index (χ3n) is 5.59. The predicted octanol–water partition coefficient (Wildman–Crippen LogP) is 3.69. The van der Waals surface area contributed by atoms with E-state index in [0.29, 0.717) is 41.9 Å². The Morgan fingerprint density at radius 1 is 1.14 bits per heavy atom. The Bertz CT molecular complexity index is 1120. The Labute approximate surface area is 207 Å². The Morgan fingerprint density at radius 3 is 2.57 bits per heavy atom. The molecule has 0 saturated carbocycles. The molecule has 0 saturated heterocycles. The Kier molecular flexibility index (Phi) is 7.87. The summed E-state index contributed by atoms with van der Waals surface area (Å²) >= 11 is 0. The van der Waals surface area contributed by atoms with Gasteiger partial charge in [0.2, 0.25) is 5.88 Å². The Hall–Kier alpha value is -3.17. The highest BCUT2D eigenvalue weighted by molar-refractivity contribution is 7.93. The smallest absolute Gasteiger partial charge is 0.257 e. The van der Waals surface area contributed by atoms with Gasteiger partial charge in [-0.15, -0.1) is 0 Å². The molecule has 1 aromatic heterocycles. The van der Waals surface area contributed by atoms with E-state index >= 15 is 0 Å². The van der Waals surface area contributed by atoms with E-state index in [0.717, 1.165) is 24.8 Å². The third kappa shape index (κ3) is 7.40. The molecular formula is C26H30N2O6S. The first-order valence-corrected chi connectivity index (χ1v) is 12.7. The fourth-order valence-corrected chi connectivity index (χ4v) is 4.62. The van der Waals surface area contributed by atoms with Crippen LogP contribution in [0.5, 0.6) is 17.4 Å². The molecule has 35 heavy (non-hydrogen) atoms. The second kappa shape index (κ2) is 11.0. The standard InChI is InChI=1S/C26H30N2O6S/c1-26(2,30)12-13-32-25-11-10-22(16-27-25)34-21-5-3-4-18(14-21)17-33-20-8-6-19(7-9-20)23-15-24(29)28-35(23)31/h6-11,14-16,21,30H,3-5,12-13,17H2,1-2H3,(H,28,29). The van der Waals surface area contributed by atoms with Crippen LogP contribution in [0, 0.1) is 0 Å². The van der Waals surface area contributed by atoms with Gasteiger partial charge in [0, 0.05) is 18.6 Å². The second-order valence-electron chi connectivity index (χ2n) is 9.17. The first-order chi connectivity index (χ1) is 16.7. The van der Waals surface area contributed by atoms with Gasteiger partial charge in [0.1, 0.15) is 24.2 Å².